The van der Waals surface area contributed by atoms with Crippen LogP contribution in [0.5, 0.6) is 0 Å². The molecule has 2 aliphatic rings. The van der Waals surface area contributed by atoms with Gasteiger partial charge in [0, 0.05) is 19.2 Å². The lowest BCUT2D eigenvalue weighted by molar-refractivity contribution is -0.125. The molecule has 1 aromatic heterocycles. The van der Waals surface area contributed by atoms with Crippen molar-refractivity contribution in [1.82, 2.24) is 15.1 Å². The van der Waals surface area contributed by atoms with Crippen LogP contribution in [0.15, 0.2) is 54.7 Å². The molecule has 0 aliphatic heterocycles. The molecule has 0 saturated heterocycles. The summed E-state index contributed by atoms with van der Waals surface area (Å²) < 4.78 is 6.90. The zero-order valence-corrected chi connectivity index (χ0v) is 18.6. The topological polar surface area (TPSA) is 123 Å². The van der Waals surface area contributed by atoms with Gasteiger partial charge in [0.2, 0.25) is 0 Å². The van der Waals surface area contributed by atoms with E-state index in [9.17, 15) is 19.5 Å². The molecule has 2 aliphatic carbocycles. The van der Waals surface area contributed by atoms with E-state index in [0.717, 1.165) is 28.7 Å². The molecule has 0 radical (unpaired) electrons. The highest BCUT2D eigenvalue weighted by Crippen LogP contribution is 2.44. The molecule has 9 heteroatoms. The molecule has 3 aromatic rings. The van der Waals surface area contributed by atoms with Crippen LogP contribution in [0.1, 0.15) is 46.7 Å². The quantitative estimate of drug-likeness (QED) is 0.517. The fraction of sp³-hybridized carbons (Fsp3) is 0.280. The molecule has 1 heterocycles. The Kier molecular flexibility index (Phi) is 5.31. The van der Waals surface area contributed by atoms with E-state index in [4.69, 9.17) is 4.74 Å². The molecule has 0 unspecified atom stereocenters. The number of carboxylic acids is 1. The number of ether oxygens (including phenoxy) is 1. The van der Waals surface area contributed by atoms with Crippen molar-refractivity contribution in [2.45, 2.75) is 30.7 Å². The van der Waals surface area contributed by atoms with E-state index in [-0.39, 0.29) is 23.9 Å². The number of fused-ring (bicyclic) bond motifs is 3. The highest BCUT2D eigenvalue weighted by atomic mass is 16.5. The van der Waals surface area contributed by atoms with Crippen molar-refractivity contribution in [1.29, 1.82) is 0 Å². The number of benzene rings is 2. The maximum atomic E-state index is 13.0. The van der Waals surface area contributed by atoms with Crippen molar-refractivity contribution in [2.24, 2.45) is 7.05 Å². The average Bonchev–Trinajstić information content (AvgIpc) is 3.32. The van der Waals surface area contributed by atoms with Gasteiger partial charge in [0.15, 0.2) is 5.82 Å². The van der Waals surface area contributed by atoms with Crippen molar-refractivity contribution < 1.29 is 24.2 Å². The van der Waals surface area contributed by atoms with Crippen molar-refractivity contribution in [3.63, 3.8) is 0 Å². The van der Waals surface area contributed by atoms with Gasteiger partial charge in [-0.05, 0) is 41.5 Å². The first-order valence-electron chi connectivity index (χ1n) is 11.1. The van der Waals surface area contributed by atoms with Crippen LogP contribution in [0.3, 0.4) is 0 Å². The highest BCUT2D eigenvalue weighted by Gasteiger charge is 2.46. The number of hydrogen-bond donors (Lipinski definition) is 3. The minimum absolute atomic E-state index is 0.0550. The number of anilines is 1. The van der Waals surface area contributed by atoms with Crippen molar-refractivity contribution in [2.75, 3.05) is 11.9 Å². The van der Waals surface area contributed by atoms with Gasteiger partial charge in [-0.25, -0.2) is 9.59 Å². The maximum Gasteiger partial charge on any atom is 0.408 e. The van der Waals surface area contributed by atoms with Crippen LogP contribution in [0.25, 0.3) is 11.1 Å². The first kappa shape index (κ1) is 21.7. The van der Waals surface area contributed by atoms with Gasteiger partial charge in [0.05, 0.1) is 0 Å². The number of carbonyl (C=O) groups is 3. The number of alkyl carbamates (subject to hydrolysis) is 1. The standard InChI is InChI=1S/C25H24N4O5/c1-29-13-19(22(30)31)21(28-29)26-23(32)25(11-6-12-25)27-24(33)34-14-20-17-9-4-2-7-15(17)16-8-3-5-10-18(16)20/h2-5,7-10,13,20H,6,11-12,14H2,1H3,(H,27,33)(H,30,31)(H,26,28,32). The maximum absolute atomic E-state index is 13.0. The number of amides is 2. The van der Waals surface area contributed by atoms with E-state index in [1.54, 1.807) is 7.05 Å². The Balaban J connectivity index is 1.27. The molecule has 174 valence electrons. The highest BCUT2D eigenvalue weighted by molar-refractivity contribution is 6.04. The molecular formula is C25H24N4O5. The molecule has 1 fully saturated rings. The van der Waals surface area contributed by atoms with Gasteiger partial charge in [-0.15, -0.1) is 0 Å². The van der Waals surface area contributed by atoms with Crippen molar-refractivity contribution in [3.05, 3.63) is 71.4 Å². The lowest BCUT2D eigenvalue weighted by Crippen LogP contribution is -2.61. The lowest BCUT2D eigenvalue weighted by Gasteiger charge is -2.40. The van der Waals surface area contributed by atoms with Crippen LogP contribution >= 0.6 is 0 Å². The molecule has 5 rings (SSSR count). The van der Waals surface area contributed by atoms with Gasteiger partial charge in [0.1, 0.15) is 17.7 Å². The normalized spacial score (nSPS) is 15.6. The number of rotatable bonds is 6. The fourth-order valence-corrected chi connectivity index (χ4v) is 4.73. The molecule has 1 saturated carbocycles. The SMILES string of the molecule is Cn1cc(C(=O)O)c(NC(=O)C2(NC(=O)OCC3c4ccccc4-c4ccccc43)CCC2)n1. The molecule has 34 heavy (non-hydrogen) atoms. The fourth-order valence-electron chi connectivity index (χ4n) is 4.73. The summed E-state index contributed by atoms with van der Waals surface area (Å²) in [5.41, 5.74) is 3.19. The number of aromatic nitrogens is 2. The number of carboxylic acid groups (broad SMARTS) is 1. The number of hydrogen-bond acceptors (Lipinski definition) is 5. The van der Waals surface area contributed by atoms with E-state index >= 15 is 0 Å². The minimum Gasteiger partial charge on any atom is -0.477 e. The second-order valence-corrected chi connectivity index (χ2v) is 8.71. The van der Waals surface area contributed by atoms with Gasteiger partial charge in [-0.3, -0.25) is 9.48 Å². The number of aromatic carboxylic acids is 1. The molecule has 0 bridgehead atoms. The van der Waals surface area contributed by atoms with E-state index in [1.165, 1.54) is 10.9 Å². The number of aryl methyl sites for hydroxylation is 1. The molecule has 2 amide bonds. The third-order valence-corrected chi connectivity index (χ3v) is 6.62. The zero-order valence-electron chi connectivity index (χ0n) is 18.6. The van der Waals surface area contributed by atoms with E-state index < -0.39 is 23.5 Å². The molecular weight excluding hydrogens is 436 g/mol. The molecule has 9 nitrogen and oxygen atoms in total. The molecule has 2 aromatic carbocycles. The Morgan fingerprint density at radius 2 is 1.71 bits per heavy atom. The van der Waals surface area contributed by atoms with Crippen molar-refractivity contribution in [3.8, 4) is 11.1 Å². The summed E-state index contributed by atoms with van der Waals surface area (Å²) in [6.07, 6.45) is 2.24. The first-order chi connectivity index (χ1) is 16.4. The first-order valence-corrected chi connectivity index (χ1v) is 11.1. The van der Waals surface area contributed by atoms with Crippen LogP contribution in [0.2, 0.25) is 0 Å². The Morgan fingerprint density at radius 1 is 1.09 bits per heavy atom. The summed E-state index contributed by atoms with van der Waals surface area (Å²) in [5.74, 6) is -1.85. The monoisotopic (exact) mass is 460 g/mol. The van der Waals surface area contributed by atoms with Gasteiger partial charge in [-0.2, -0.15) is 5.10 Å². The molecule has 0 spiro atoms. The number of nitrogens with zero attached hydrogens (tertiary/aromatic N) is 2. The Hall–Kier alpha value is -4.14. The van der Waals surface area contributed by atoms with Crippen LogP contribution < -0.4 is 10.6 Å². The summed E-state index contributed by atoms with van der Waals surface area (Å²) in [4.78, 5) is 37.2. The Morgan fingerprint density at radius 3 is 2.26 bits per heavy atom. The van der Waals surface area contributed by atoms with Gasteiger partial charge >= 0.3 is 12.1 Å². The van der Waals surface area contributed by atoms with Crippen LogP contribution in [-0.4, -0.2) is 45.0 Å². The van der Waals surface area contributed by atoms with E-state index in [2.05, 4.69) is 27.9 Å². The zero-order chi connectivity index (χ0) is 23.9. The molecule has 3 N–H and O–H groups in total. The Bertz CT molecular complexity index is 1250. The van der Waals surface area contributed by atoms with Crippen LogP contribution in [0.4, 0.5) is 10.6 Å². The summed E-state index contributed by atoms with van der Waals surface area (Å²) >= 11 is 0. The van der Waals surface area contributed by atoms with Crippen LogP contribution in [-0.2, 0) is 16.6 Å². The predicted molar refractivity (Wildman–Crippen MR) is 124 cm³/mol. The largest absolute Gasteiger partial charge is 0.477 e. The average molecular weight is 460 g/mol. The predicted octanol–water partition coefficient (Wildman–Crippen LogP) is 3.52. The van der Waals surface area contributed by atoms with E-state index in [1.807, 2.05) is 36.4 Å². The summed E-state index contributed by atoms with van der Waals surface area (Å²) in [7, 11) is 1.57. The molecule has 0 atom stereocenters. The van der Waals surface area contributed by atoms with Crippen molar-refractivity contribution >= 4 is 23.8 Å². The van der Waals surface area contributed by atoms with Gasteiger partial charge < -0.3 is 20.5 Å². The second-order valence-electron chi connectivity index (χ2n) is 8.71. The second kappa shape index (κ2) is 8.33. The third kappa shape index (κ3) is 3.68. The minimum atomic E-state index is -1.20. The summed E-state index contributed by atoms with van der Waals surface area (Å²) in [5, 5.41) is 18.6. The number of carbonyl (C=O) groups excluding carboxylic acids is 2. The Labute approximate surface area is 195 Å². The van der Waals surface area contributed by atoms with Gasteiger partial charge in [0.25, 0.3) is 5.91 Å². The van der Waals surface area contributed by atoms with Gasteiger partial charge in [-0.1, -0.05) is 48.5 Å². The van der Waals surface area contributed by atoms with Crippen LogP contribution in [0, 0.1) is 0 Å². The lowest BCUT2D eigenvalue weighted by atomic mass is 9.76. The summed E-state index contributed by atoms with van der Waals surface area (Å²) in [6, 6.07) is 16.1. The smallest absolute Gasteiger partial charge is 0.408 e. The summed E-state index contributed by atoms with van der Waals surface area (Å²) in [6.45, 7) is 0.140. The van der Waals surface area contributed by atoms with E-state index in [0.29, 0.717) is 12.8 Å². The third-order valence-electron chi connectivity index (χ3n) is 6.62. The number of nitrogens with one attached hydrogen (secondary N) is 2.